The zero-order valence-electron chi connectivity index (χ0n) is 5.48. The monoisotopic (exact) mass is 117 g/mol. The van der Waals surface area contributed by atoms with Crippen molar-refractivity contribution in [3.63, 3.8) is 0 Å². The van der Waals surface area contributed by atoms with Gasteiger partial charge in [0.05, 0.1) is 19.3 Å². The first-order valence-corrected chi connectivity index (χ1v) is 3.13. The molecule has 2 heteroatoms. The summed E-state index contributed by atoms with van der Waals surface area (Å²) < 4.78 is 4.97. The van der Waals surface area contributed by atoms with Crippen LogP contribution in [0.1, 0.15) is 15.3 Å². The van der Waals surface area contributed by atoms with Crippen LogP contribution in [0.4, 0.5) is 0 Å². The SMILES string of the molecule is CC(C)NC1COC1.[HH]. The minimum atomic E-state index is 0. The second-order valence-electron chi connectivity index (χ2n) is 2.56. The van der Waals surface area contributed by atoms with Crippen molar-refractivity contribution in [2.24, 2.45) is 0 Å². The van der Waals surface area contributed by atoms with E-state index < -0.39 is 0 Å². The van der Waals surface area contributed by atoms with Gasteiger partial charge >= 0.3 is 0 Å². The quantitative estimate of drug-likeness (QED) is 0.572. The van der Waals surface area contributed by atoms with Crippen molar-refractivity contribution in [2.45, 2.75) is 25.9 Å². The first kappa shape index (κ1) is 6.05. The minimum absolute atomic E-state index is 0. The summed E-state index contributed by atoms with van der Waals surface area (Å²) in [6.07, 6.45) is 0. The third kappa shape index (κ3) is 1.46. The summed E-state index contributed by atoms with van der Waals surface area (Å²) in [7, 11) is 0. The van der Waals surface area contributed by atoms with Gasteiger partial charge in [0.15, 0.2) is 0 Å². The van der Waals surface area contributed by atoms with Gasteiger partial charge < -0.3 is 10.1 Å². The summed E-state index contributed by atoms with van der Waals surface area (Å²) in [6.45, 7) is 6.10. The van der Waals surface area contributed by atoms with Crippen molar-refractivity contribution in [3.8, 4) is 0 Å². The molecule has 0 spiro atoms. The van der Waals surface area contributed by atoms with Crippen LogP contribution in [-0.4, -0.2) is 25.3 Å². The molecular formula is C6H15NO. The molecule has 1 rings (SSSR count). The summed E-state index contributed by atoms with van der Waals surface area (Å²) >= 11 is 0. The van der Waals surface area contributed by atoms with E-state index in [0.717, 1.165) is 13.2 Å². The summed E-state index contributed by atoms with van der Waals surface area (Å²) in [5.41, 5.74) is 0. The van der Waals surface area contributed by atoms with E-state index in [1.54, 1.807) is 0 Å². The van der Waals surface area contributed by atoms with E-state index in [4.69, 9.17) is 4.74 Å². The molecule has 0 radical (unpaired) electrons. The van der Waals surface area contributed by atoms with Crippen molar-refractivity contribution in [2.75, 3.05) is 13.2 Å². The largest absolute Gasteiger partial charge is 0.378 e. The Bertz CT molecular complexity index is 73.5. The maximum absolute atomic E-state index is 4.97. The molecule has 1 aliphatic rings. The normalized spacial score (nSPS) is 21.4. The second-order valence-corrected chi connectivity index (χ2v) is 2.56. The van der Waals surface area contributed by atoms with Crippen LogP contribution < -0.4 is 5.32 Å². The highest BCUT2D eigenvalue weighted by molar-refractivity contribution is 4.74. The lowest BCUT2D eigenvalue weighted by Crippen LogP contribution is -2.48. The molecule has 1 saturated heterocycles. The molecule has 8 heavy (non-hydrogen) atoms. The zero-order valence-corrected chi connectivity index (χ0v) is 5.48. The summed E-state index contributed by atoms with van der Waals surface area (Å²) in [5, 5.41) is 3.35. The molecule has 1 aliphatic heterocycles. The van der Waals surface area contributed by atoms with Gasteiger partial charge in [0.25, 0.3) is 0 Å². The van der Waals surface area contributed by atoms with Gasteiger partial charge in [0.1, 0.15) is 0 Å². The molecule has 0 bridgehead atoms. The fourth-order valence-electron chi connectivity index (χ4n) is 0.803. The van der Waals surface area contributed by atoms with Crippen LogP contribution in [0.2, 0.25) is 0 Å². The maximum Gasteiger partial charge on any atom is 0.0643 e. The number of rotatable bonds is 2. The molecule has 0 aromatic carbocycles. The maximum atomic E-state index is 4.97. The number of hydrogen-bond acceptors (Lipinski definition) is 2. The highest BCUT2D eigenvalue weighted by atomic mass is 16.5. The molecule has 0 amide bonds. The molecule has 1 N–H and O–H groups in total. The number of ether oxygens (including phenoxy) is 1. The standard InChI is InChI=1S/C6H13NO.H2/c1-5(2)7-6-3-8-4-6;/h5-7H,3-4H2,1-2H3;1H. The molecule has 50 valence electrons. The number of nitrogens with one attached hydrogen (secondary N) is 1. The summed E-state index contributed by atoms with van der Waals surface area (Å²) in [4.78, 5) is 0. The van der Waals surface area contributed by atoms with Crippen LogP contribution in [0.15, 0.2) is 0 Å². The van der Waals surface area contributed by atoms with Gasteiger partial charge in [-0.1, -0.05) is 13.8 Å². The van der Waals surface area contributed by atoms with Crippen molar-refractivity contribution in [1.82, 2.24) is 5.32 Å². The van der Waals surface area contributed by atoms with Gasteiger partial charge in [0, 0.05) is 7.47 Å². The molecular weight excluding hydrogens is 102 g/mol. The third-order valence-electron chi connectivity index (χ3n) is 1.21. The lowest BCUT2D eigenvalue weighted by atomic mass is 10.2. The van der Waals surface area contributed by atoms with Gasteiger partial charge in [-0.15, -0.1) is 0 Å². The fourth-order valence-corrected chi connectivity index (χ4v) is 0.803. The topological polar surface area (TPSA) is 21.3 Å². The van der Waals surface area contributed by atoms with Gasteiger partial charge in [-0.3, -0.25) is 0 Å². The molecule has 2 nitrogen and oxygen atoms in total. The van der Waals surface area contributed by atoms with Crippen LogP contribution in [0.3, 0.4) is 0 Å². The molecule has 0 aromatic rings. The molecule has 0 unspecified atom stereocenters. The van der Waals surface area contributed by atoms with E-state index in [1.165, 1.54) is 0 Å². The lowest BCUT2D eigenvalue weighted by molar-refractivity contribution is -0.00828. The fraction of sp³-hybridized carbons (Fsp3) is 1.00. The molecule has 0 aromatic heterocycles. The van der Waals surface area contributed by atoms with Crippen molar-refractivity contribution in [1.29, 1.82) is 0 Å². The first-order valence-electron chi connectivity index (χ1n) is 3.13. The van der Waals surface area contributed by atoms with Gasteiger partial charge in [0.2, 0.25) is 0 Å². The Hall–Kier alpha value is -0.0800. The van der Waals surface area contributed by atoms with Crippen molar-refractivity contribution < 1.29 is 6.16 Å². The Balaban J connectivity index is 0.000000640. The zero-order chi connectivity index (χ0) is 5.98. The number of hydrogen-bond donors (Lipinski definition) is 1. The van der Waals surface area contributed by atoms with E-state index >= 15 is 0 Å². The molecule has 1 heterocycles. The van der Waals surface area contributed by atoms with E-state index in [1.807, 2.05) is 0 Å². The van der Waals surface area contributed by atoms with Crippen LogP contribution in [0, 0.1) is 0 Å². The van der Waals surface area contributed by atoms with Crippen LogP contribution in [0.25, 0.3) is 0 Å². The minimum Gasteiger partial charge on any atom is -0.378 e. The summed E-state index contributed by atoms with van der Waals surface area (Å²) in [6, 6.07) is 1.24. The predicted octanol–water partition coefficient (Wildman–Crippen LogP) is 0.629. The van der Waals surface area contributed by atoms with E-state index in [9.17, 15) is 0 Å². The molecule has 0 saturated carbocycles. The first-order chi connectivity index (χ1) is 3.79. The Morgan fingerprint density at radius 3 is 2.38 bits per heavy atom. The van der Waals surface area contributed by atoms with Gasteiger partial charge in [-0.2, -0.15) is 0 Å². The highest BCUT2D eigenvalue weighted by Gasteiger charge is 2.17. The Kier molecular flexibility index (Phi) is 1.86. The lowest BCUT2D eigenvalue weighted by Gasteiger charge is -2.28. The average Bonchev–Trinajstić information content (AvgIpc) is 1.55. The predicted molar refractivity (Wildman–Crippen MR) is 35.0 cm³/mol. The average molecular weight is 117 g/mol. The Morgan fingerprint density at radius 2 is 2.25 bits per heavy atom. The van der Waals surface area contributed by atoms with Crippen LogP contribution in [-0.2, 0) is 4.74 Å². The second kappa shape index (κ2) is 2.46. The highest BCUT2D eigenvalue weighted by Crippen LogP contribution is 1.99. The van der Waals surface area contributed by atoms with Crippen molar-refractivity contribution in [3.05, 3.63) is 0 Å². The van der Waals surface area contributed by atoms with Gasteiger partial charge in [-0.05, 0) is 0 Å². The van der Waals surface area contributed by atoms with Crippen molar-refractivity contribution >= 4 is 0 Å². The molecule has 0 atom stereocenters. The van der Waals surface area contributed by atoms with E-state index in [0.29, 0.717) is 12.1 Å². The van der Waals surface area contributed by atoms with Crippen LogP contribution >= 0.6 is 0 Å². The van der Waals surface area contributed by atoms with E-state index in [-0.39, 0.29) is 1.43 Å². The third-order valence-corrected chi connectivity index (χ3v) is 1.21. The Labute approximate surface area is 51.7 Å². The summed E-state index contributed by atoms with van der Waals surface area (Å²) in [5.74, 6) is 0. The molecule has 0 aliphatic carbocycles. The van der Waals surface area contributed by atoms with Gasteiger partial charge in [-0.25, -0.2) is 0 Å². The Morgan fingerprint density at radius 1 is 1.62 bits per heavy atom. The smallest absolute Gasteiger partial charge is 0.0643 e. The molecule has 1 fully saturated rings. The van der Waals surface area contributed by atoms with E-state index in [2.05, 4.69) is 19.2 Å². The van der Waals surface area contributed by atoms with Crippen LogP contribution in [0.5, 0.6) is 0 Å².